The Bertz CT molecular complexity index is 1340. The molecule has 7 heteroatoms. The van der Waals surface area contributed by atoms with Gasteiger partial charge in [-0.3, -0.25) is 9.20 Å². The van der Waals surface area contributed by atoms with Crippen molar-refractivity contribution < 1.29 is 4.79 Å². The number of nitrogens with zero attached hydrogens (tertiary/aromatic N) is 6. The van der Waals surface area contributed by atoms with E-state index >= 15 is 0 Å². The number of carbonyl (C=O) groups is 1. The zero-order valence-electron chi connectivity index (χ0n) is 17.0. The van der Waals surface area contributed by atoms with E-state index in [2.05, 4.69) is 10.2 Å². The van der Waals surface area contributed by atoms with Crippen molar-refractivity contribution in [2.45, 2.75) is 6.54 Å². The van der Waals surface area contributed by atoms with Crippen molar-refractivity contribution in [2.75, 3.05) is 7.05 Å². The van der Waals surface area contributed by atoms with Gasteiger partial charge in [-0.15, -0.1) is 10.2 Å². The van der Waals surface area contributed by atoms with Crippen molar-refractivity contribution in [1.29, 1.82) is 0 Å². The molecular weight excluding hydrogens is 388 g/mol. The molecule has 152 valence electrons. The van der Waals surface area contributed by atoms with E-state index in [4.69, 9.17) is 5.10 Å². The van der Waals surface area contributed by atoms with E-state index in [0.717, 1.165) is 22.5 Å². The monoisotopic (exact) mass is 408 g/mol. The van der Waals surface area contributed by atoms with Gasteiger partial charge in [0.2, 0.25) is 0 Å². The molecule has 0 fully saturated rings. The number of fused-ring (bicyclic) bond motifs is 1. The maximum atomic E-state index is 13.1. The molecule has 0 saturated carbocycles. The summed E-state index contributed by atoms with van der Waals surface area (Å²) in [5.41, 5.74) is 5.09. The van der Waals surface area contributed by atoms with Crippen LogP contribution in [-0.4, -0.2) is 42.2 Å². The molecule has 31 heavy (non-hydrogen) atoms. The Balaban J connectivity index is 1.48. The second kappa shape index (κ2) is 7.87. The van der Waals surface area contributed by atoms with E-state index in [1.165, 1.54) is 0 Å². The largest absolute Gasteiger partial charge is 0.337 e. The van der Waals surface area contributed by atoms with Crippen LogP contribution in [0.15, 0.2) is 91.5 Å². The highest BCUT2D eigenvalue weighted by Crippen LogP contribution is 2.25. The molecular formula is C24H20N6O. The van der Waals surface area contributed by atoms with Crippen molar-refractivity contribution >= 4 is 11.6 Å². The number of pyridine rings is 1. The fourth-order valence-electron chi connectivity index (χ4n) is 3.58. The molecule has 0 bridgehead atoms. The number of para-hydroxylation sites is 1. The van der Waals surface area contributed by atoms with Crippen molar-refractivity contribution in [2.24, 2.45) is 0 Å². The molecule has 1 amide bonds. The summed E-state index contributed by atoms with van der Waals surface area (Å²) in [7, 11) is 1.80. The summed E-state index contributed by atoms with van der Waals surface area (Å²) in [6, 6.07) is 23.5. The lowest BCUT2D eigenvalue weighted by molar-refractivity contribution is 0.0785. The van der Waals surface area contributed by atoms with Gasteiger partial charge in [0.15, 0.2) is 5.65 Å². The van der Waals surface area contributed by atoms with Crippen molar-refractivity contribution in [3.05, 3.63) is 103 Å². The second-order valence-corrected chi connectivity index (χ2v) is 7.32. The SMILES string of the molecule is CN(Cc1cn(-c2ccccc2)nc1-c1ccccc1)C(=O)c1ccc2nncn2c1. The van der Waals surface area contributed by atoms with Crippen LogP contribution in [0.4, 0.5) is 0 Å². The van der Waals surface area contributed by atoms with Gasteiger partial charge < -0.3 is 4.90 Å². The van der Waals surface area contributed by atoms with Crippen LogP contribution in [0.5, 0.6) is 0 Å². The topological polar surface area (TPSA) is 68.3 Å². The zero-order valence-corrected chi connectivity index (χ0v) is 17.0. The third-order valence-electron chi connectivity index (χ3n) is 5.15. The molecule has 0 aliphatic heterocycles. The van der Waals surface area contributed by atoms with E-state index < -0.39 is 0 Å². The Labute approximate surface area is 179 Å². The summed E-state index contributed by atoms with van der Waals surface area (Å²) in [5, 5.41) is 12.7. The number of benzene rings is 2. The Kier molecular flexibility index (Phi) is 4.76. The third-order valence-corrected chi connectivity index (χ3v) is 5.15. The molecule has 2 aromatic carbocycles. The lowest BCUT2D eigenvalue weighted by Gasteiger charge is -2.17. The molecule has 0 radical (unpaired) electrons. The fraction of sp³-hybridized carbons (Fsp3) is 0.0833. The third kappa shape index (κ3) is 3.69. The van der Waals surface area contributed by atoms with Gasteiger partial charge in [-0.1, -0.05) is 48.5 Å². The van der Waals surface area contributed by atoms with Crippen LogP contribution in [0.25, 0.3) is 22.6 Å². The maximum Gasteiger partial charge on any atom is 0.255 e. The number of carbonyl (C=O) groups excluding carboxylic acids is 1. The summed E-state index contributed by atoms with van der Waals surface area (Å²) in [6.45, 7) is 0.427. The van der Waals surface area contributed by atoms with Crippen molar-refractivity contribution in [3.8, 4) is 16.9 Å². The molecule has 5 rings (SSSR count). The van der Waals surface area contributed by atoms with E-state index in [-0.39, 0.29) is 5.91 Å². The minimum Gasteiger partial charge on any atom is -0.337 e. The van der Waals surface area contributed by atoms with E-state index in [1.54, 1.807) is 41.0 Å². The summed E-state index contributed by atoms with van der Waals surface area (Å²) in [4.78, 5) is 14.8. The quantitative estimate of drug-likeness (QED) is 0.443. The summed E-state index contributed by atoms with van der Waals surface area (Å²) in [5.74, 6) is -0.0814. The van der Waals surface area contributed by atoms with Crippen LogP contribution in [0.3, 0.4) is 0 Å². The van der Waals surface area contributed by atoms with Gasteiger partial charge in [0.25, 0.3) is 5.91 Å². The molecule has 0 N–H and O–H groups in total. The predicted octanol–water partition coefficient (Wildman–Crippen LogP) is 3.85. The van der Waals surface area contributed by atoms with Gasteiger partial charge >= 0.3 is 0 Å². The van der Waals surface area contributed by atoms with Crippen LogP contribution in [-0.2, 0) is 6.54 Å². The molecule has 0 spiro atoms. The number of amides is 1. The van der Waals surface area contributed by atoms with Gasteiger partial charge in [-0.25, -0.2) is 4.68 Å². The van der Waals surface area contributed by atoms with Crippen LogP contribution in [0.1, 0.15) is 15.9 Å². The number of hydrogen-bond donors (Lipinski definition) is 0. The van der Waals surface area contributed by atoms with Crippen molar-refractivity contribution in [1.82, 2.24) is 29.3 Å². The van der Waals surface area contributed by atoms with E-state index in [0.29, 0.717) is 17.8 Å². The first-order chi connectivity index (χ1) is 15.2. The molecule has 3 heterocycles. The van der Waals surface area contributed by atoms with Gasteiger partial charge in [-0.2, -0.15) is 5.10 Å². The molecule has 0 atom stereocenters. The second-order valence-electron chi connectivity index (χ2n) is 7.32. The van der Waals surface area contributed by atoms with Gasteiger partial charge in [0.05, 0.1) is 16.9 Å². The van der Waals surface area contributed by atoms with Gasteiger partial charge in [-0.05, 0) is 24.3 Å². The smallest absolute Gasteiger partial charge is 0.255 e. The molecule has 7 nitrogen and oxygen atoms in total. The first-order valence-corrected chi connectivity index (χ1v) is 9.93. The molecule has 0 aliphatic rings. The van der Waals surface area contributed by atoms with Gasteiger partial charge in [0.1, 0.15) is 6.33 Å². The minimum absolute atomic E-state index is 0.0814. The van der Waals surface area contributed by atoms with Crippen molar-refractivity contribution in [3.63, 3.8) is 0 Å². The minimum atomic E-state index is -0.0814. The number of rotatable bonds is 5. The fourth-order valence-corrected chi connectivity index (χ4v) is 3.58. The summed E-state index contributed by atoms with van der Waals surface area (Å²) < 4.78 is 3.60. The Morgan fingerprint density at radius 3 is 2.45 bits per heavy atom. The van der Waals surface area contributed by atoms with Crippen LogP contribution in [0, 0.1) is 0 Å². The maximum absolute atomic E-state index is 13.1. The molecule has 0 aliphatic carbocycles. The Hall–Kier alpha value is -4.26. The van der Waals surface area contributed by atoms with Crippen LogP contribution in [0.2, 0.25) is 0 Å². The lowest BCUT2D eigenvalue weighted by atomic mass is 10.1. The molecule has 0 unspecified atom stereocenters. The number of aromatic nitrogens is 5. The molecule has 0 saturated heterocycles. The zero-order chi connectivity index (χ0) is 21.2. The highest BCUT2D eigenvalue weighted by atomic mass is 16.2. The van der Waals surface area contributed by atoms with Gasteiger partial charge in [0, 0.05) is 37.1 Å². The predicted molar refractivity (Wildman–Crippen MR) is 118 cm³/mol. The Morgan fingerprint density at radius 1 is 0.935 bits per heavy atom. The number of hydrogen-bond acceptors (Lipinski definition) is 4. The lowest BCUT2D eigenvalue weighted by Crippen LogP contribution is -2.26. The first kappa shape index (κ1) is 18.7. The summed E-state index contributed by atoms with van der Waals surface area (Å²) >= 11 is 0. The summed E-state index contributed by atoms with van der Waals surface area (Å²) in [6.07, 6.45) is 5.33. The first-order valence-electron chi connectivity index (χ1n) is 9.93. The average molecular weight is 408 g/mol. The highest BCUT2D eigenvalue weighted by Gasteiger charge is 2.18. The van der Waals surface area contributed by atoms with E-state index in [1.807, 2.05) is 71.5 Å². The highest BCUT2D eigenvalue weighted by molar-refractivity contribution is 5.94. The van der Waals surface area contributed by atoms with Crippen LogP contribution >= 0.6 is 0 Å². The standard InChI is InChI=1S/C24H20N6O/c1-28(24(31)19-12-13-22-26-25-17-29(22)15-19)14-20-16-30(21-10-6-3-7-11-21)27-23(20)18-8-4-2-5-9-18/h2-13,15-17H,14H2,1H3. The van der Waals surface area contributed by atoms with Crippen LogP contribution < -0.4 is 0 Å². The molecule has 5 aromatic rings. The normalized spacial score (nSPS) is 11.0. The van der Waals surface area contributed by atoms with E-state index in [9.17, 15) is 4.79 Å². The average Bonchev–Trinajstić information content (AvgIpc) is 3.46. The molecule has 3 aromatic heterocycles. The Morgan fingerprint density at radius 2 is 1.68 bits per heavy atom.